The fourth-order valence-electron chi connectivity index (χ4n) is 5.01. The minimum atomic E-state index is -0.659. The van der Waals surface area contributed by atoms with Crippen molar-refractivity contribution >= 4 is 18.0 Å². The van der Waals surface area contributed by atoms with Gasteiger partial charge in [-0.1, -0.05) is 75.9 Å². The number of ether oxygens (including phenoxy) is 2. The summed E-state index contributed by atoms with van der Waals surface area (Å²) in [6, 6.07) is 15.4. The summed E-state index contributed by atoms with van der Waals surface area (Å²) in [5, 5.41) is 3.45. The standard InChI is InChI=1S/C33H44N2O4.H2/c1-7-9-10-11-18-34-30(33(3,4)5)31(36)35-22-28(21-29(35)32(37)38-6)39-23-25-15-13-17-27(20-25)26-16-12-14-24(8-2)19-26;/h7-8,12-17,19-20,28-30,34H,1-2,9-11,18,21-23H2,3-6H3;1H/t28-,29+,30-;/m1./s1. The number of allylic oxidation sites excluding steroid dienone is 1. The van der Waals surface area contributed by atoms with Gasteiger partial charge >= 0.3 is 5.97 Å². The first-order valence-electron chi connectivity index (χ1n) is 13.8. The molecule has 1 aliphatic heterocycles. The van der Waals surface area contributed by atoms with E-state index in [9.17, 15) is 9.59 Å². The summed E-state index contributed by atoms with van der Waals surface area (Å²) >= 11 is 0. The molecule has 0 saturated carbocycles. The fourth-order valence-corrected chi connectivity index (χ4v) is 5.01. The molecule has 39 heavy (non-hydrogen) atoms. The lowest BCUT2D eigenvalue weighted by Crippen LogP contribution is -2.55. The van der Waals surface area contributed by atoms with Gasteiger partial charge in [-0.3, -0.25) is 4.79 Å². The van der Waals surface area contributed by atoms with Gasteiger partial charge in [0.15, 0.2) is 0 Å². The first-order chi connectivity index (χ1) is 18.7. The molecule has 0 spiro atoms. The van der Waals surface area contributed by atoms with Crippen LogP contribution in [0.4, 0.5) is 0 Å². The van der Waals surface area contributed by atoms with Gasteiger partial charge in [-0.15, -0.1) is 6.58 Å². The number of hydrogen-bond donors (Lipinski definition) is 1. The Morgan fingerprint density at radius 1 is 1.13 bits per heavy atom. The molecular weight excluding hydrogens is 488 g/mol. The number of carbonyl (C=O) groups excluding carboxylic acids is 2. The Balaban J connectivity index is 0.00000560. The maximum atomic E-state index is 13.8. The van der Waals surface area contributed by atoms with Gasteiger partial charge < -0.3 is 19.7 Å². The second kappa shape index (κ2) is 14.2. The van der Waals surface area contributed by atoms with E-state index in [1.54, 1.807) is 4.90 Å². The van der Waals surface area contributed by atoms with Crippen LogP contribution in [-0.2, 0) is 25.7 Å². The van der Waals surface area contributed by atoms with E-state index in [-0.39, 0.29) is 18.9 Å². The molecule has 1 aliphatic rings. The summed E-state index contributed by atoms with van der Waals surface area (Å²) in [6.07, 6.45) is 6.82. The number of unbranched alkanes of at least 4 members (excludes halogenated alkanes) is 2. The Kier molecular flexibility index (Phi) is 11.1. The van der Waals surface area contributed by atoms with E-state index < -0.39 is 18.1 Å². The molecule has 0 unspecified atom stereocenters. The van der Waals surface area contributed by atoms with Crippen molar-refractivity contribution in [1.29, 1.82) is 0 Å². The van der Waals surface area contributed by atoms with E-state index in [0.29, 0.717) is 19.6 Å². The van der Waals surface area contributed by atoms with Gasteiger partial charge in [0, 0.05) is 14.4 Å². The summed E-state index contributed by atoms with van der Waals surface area (Å²) in [6.45, 7) is 15.2. The Morgan fingerprint density at radius 2 is 1.85 bits per heavy atom. The van der Waals surface area contributed by atoms with Crippen LogP contribution in [0.15, 0.2) is 67.8 Å². The molecule has 6 nitrogen and oxygen atoms in total. The van der Waals surface area contributed by atoms with Gasteiger partial charge in [0.1, 0.15) is 6.04 Å². The number of hydrogen-bond acceptors (Lipinski definition) is 5. The third-order valence-corrected chi connectivity index (χ3v) is 7.18. The molecule has 1 amide bonds. The molecule has 0 aromatic heterocycles. The number of likely N-dealkylation sites (tertiary alicyclic amines) is 1. The van der Waals surface area contributed by atoms with Crippen molar-refractivity contribution in [2.24, 2.45) is 5.41 Å². The van der Waals surface area contributed by atoms with Crippen molar-refractivity contribution in [3.05, 3.63) is 78.9 Å². The van der Waals surface area contributed by atoms with Crippen molar-refractivity contribution in [1.82, 2.24) is 10.2 Å². The number of benzene rings is 2. The minimum Gasteiger partial charge on any atom is -0.467 e. The van der Waals surface area contributed by atoms with E-state index in [0.717, 1.165) is 48.1 Å². The smallest absolute Gasteiger partial charge is 0.328 e. The summed E-state index contributed by atoms with van der Waals surface area (Å²) in [4.78, 5) is 28.1. The van der Waals surface area contributed by atoms with Gasteiger partial charge in [-0.2, -0.15) is 0 Å². The normalized spacial score (nSPS) is 18.0. The molecule has 0 radical (unpaired) electrons. The number of methoxy groups -OCH3 is 1. The molecule has 0 aliphatic carbocycles. The van der Waals surface area contributed by atoms with Crippen LogP contribution in [-0.4, -0.2) is 55.2 Å². The maximum absolute atomic E-state index is 13.8. The third-order valence-electron chi connectivity index (χ3n) is 7.18. The lowest BCUT2D eigenvalue weighted by molar-refractivity contribution is -0.152. The first kappa shape index (κ1) is 30.3. The van der Waals surface area contributed by atoms with Crippen molar-refractivity contribution < 1.29 is 20.5 Å². The largest absolute Gasteiger partial charge is 0.467 e. The summed E-state index contributed by atoms with van der Waals surface area (Å²) in [5.74, 6) is -0.492. The average molecular weight is 535 g/mol. The van der Waals surface area contributed by atoms with Crippen molar-refractivity contribution in [2.45, 2.75) is 71.2 Å². The van der Waals surface area contributed by atoms with Gasteiger partial charge in [0.05, 0.1) is 25.9 Å². The lowest BCUT2D eigenvalue weighted by Gasteiger charge is -2.35. The summed E-state index contributed by atoms with van der Waals surface area (Å²) in [5.41, 5.74) is 3.99. The molecule has 6 heteroatoms. The van der Waals surface area contributed by atoms with E-state index in [1.807, 2.05) is 57.2 Å². The predicted octanol–water partition coefficient (Wildman–Crippen LogP) is 6.26. The highest BCUT2D eigenvalue weighted by Gasteiger charge is 2.45. The molecule has 3 rings (SSSR count). The zero-order valence-electron chi connectivity index (χ0n) is 23.9. The molecule has 2 aromatic carbocycles. The van der Waals surface area contributed by atoms with E-state index >= 15 is 0 Å². The van der Waals surface area contributed by atoms with Gasteiger partial charge in [0.25, 0.3) is 0 Å². The lowest BCUT2D eigenvalue weighted by atomic mass is 9.85. The summed E-state index contributed by atoms with van der Waals surface area (Å²) in [7, 11) is 1.37. The molecule has 1 saturated heterocycles. The monoisotopic (exact) mass is 534 g/mol. The van der Waals surface area contributed by atoms with Crippen LogP contribution < -0.4 is 5.32 Å². The van der Waals surface area contributed by atoms with Gasteiger partial charge in [-0.05, 0) is 65.6 Å². The number of esters is 1. The SMILES string of the molecule is C=CCCCCN[C@H](C(=O)N1C[C@H](OCc2cccc(-c3cccc(C=C)c3)c2)C[C@H]1C(=O)OC)C(C)(C)C.[HH]. The Hall–Kier alpha value is -3.22. The quantitative estimate of drug-likeness (QED) is 0.187. The van der Waals surface area contributed by atoms with E-state index in [4.69, 9.17) is 9.47 Å². The fraction of sp³-hybridized carbons (Fsp3) is 0.455. The summed E-state index contributed by atoms with van der Waals surface area (Å²) < 4.78 is 11.3. The third kappa shape index (κ3) is 8.38. The molecule has 212 valence electrons. The molecular formula is C33H46N2O4. The number of rotatable bonds is 13. The van der Waals surface area contributed by atoms with Gasteiger partial charge in [-0.25, -0.2) is 4.79 Å². The van der Waals surface area contributed by atoms with Crippen LogP contribution in [0.25, 0.3) is 17.2 Å². The Morgan fingerprint density at radius 3 is 2.51 bits per heavy atom. The number of amides is 1. The van der Waals surface area contributed by atoms with E-state index in [1.165, 1.54) is 7.11 Å². The highest BCUT2D eigenvalue weighted by atomic mass is 16.5. The number of carbonyl (C=O) groups is 2. The van der Waals surface area contributed by atoms with Crippen LogP contribution >= 0.6 is 0 Å². The van der Waals surface area contributed by atoms with Crippen molar-refractivity contribution in [2.75, 3.05) is 20.2 Å². The topological polar surface area (TPSA) is 67.9 Å². The number of nitrogens with one attached hydrogen (secondary N) is 1. The molecule has 1 N–H and O–H groups in total. The molecule has 3 atom stereocenters. The van der Waals surface area contributed by atoms with Crippen LogP contribution in [0.2, 0.25) is 0 Å². The Bertz CT molecular complexity index is 1140. The molecule has 0 bridgehead atoms. The highest BCUT2D eigenvalue weighted by Crippen LogP contribution is 2.29. The highest BCUT2D eigenvalue weighted by molar-refractivity contribution is 5.89. The van der Waals surface area contributed by atoms with Crippen LogP contribution in [0.1, 0.15) is 59.0 Å². The van der Waals surface area contributed by atoms with Crippen LogP contribution in [0.3, 0.4) is 0 Å². The number of nitrogens with zero attached hydrogens (tertiary/aromatic N) is 1. The predicted molar refractivity (Wildman–Crippen MR) is 160 cm³/mol. The average Bonchev–Trinajstić information content (AvgIpc) is 3.37. The second-order valence-corrected chi connectivity index (χ2v) is 11.3. The van der Waals surface area contributed by atoms with E-state index in [2.05, 4.69) is 42.7 Å². The maximum Gasteiger partial charge on any atom is 0.328 e. The van der Waals surface area contributed by atoms with Gasteiger partial charge in [0.2, 0.25) is 5.91 Å². The van der Waals surface area contributed by atoms with Crippen LogP contribution in [0.5, 0.6) is 0 Å². The molecule has 2 aromatic rings. The van der Waals surface area contributed by atoms with Crippen molar-refractivity contribution in [3.63, 3.8) is 0 Å². The Labute approximate surface area is 235 Å². The molecule has 1 fully saturated rings. The first-order valence-corrected chi connectivity index (χ1v) is 13.8. The second-order valence-electron chi connectivity index (χ2n) is 11.3. The molecule has 1 heterocycles. The zero-order valence-corrected chi connectivity index (χ0v) is 23.9. The van der Waals surface area contributed by atoms with Crippen molar-refractivity contribution in [3.8, 4) is 11.1 Å². The van der Waals surface area contributed by atoms with Crippen LogP contribution in [0, 0.1) is 5.41 Å². The minimum absolute atomic E-state index is 0. The zero-order chi connectivity index (χ0) is 28.4.